The van der Waals surface area contributed by atoms with Crippen molar-refractivity contribution >= 4 is 29.4 Å². The van der Waals surface area contributed by atoms with E-state index in [0.29, 0.717) is 12.8 Å². The molecule has 3 N–H and O–H groups in total. The van der Waals surface area contributed by atoms with E-state index in [9.17, 15) is 19.5 Å². The molecule has 10 heteroatoms. The zero-order valence-electron chi connectivity index (χ0n) is 22.9. The van der Waals surface area contributed by atoms with Crippen LogP contribution in [0.1, 0.15) is 66.7 Å². The molecule has 0 aliphatic carbocycles. The fraction of sp³-hybridized carbons (Fsp3) is 0.679. The number of aliphatic hydroxyl groups is 1. The summed E-state index contributed by atoms with van der Waals surface area (Å²) in [5, 5.41) is 22.8. The van der Waals surface area contributed by atoms with Crippen LogP contribution in [-0.2, 0) is 28.6 Å². The standard InChI is InChI=1S/C28H42ClNO8/c1-17(6-9-22-14-28(35,16-29)15-23(38-22)13-27(33)34)7-10-25-18(2)12-24(20(4)37-25)30-26(32)11-8-19(3)36-21(5)31/h6-9,11,18-20,22-25,35H,10,12-16H2,1-5H3,(H,30,32)(H,33,34)/b9-6+,11-8-,17-7+/t18-,19-,20+,22+,23+,24+,25-,28+/m0/s1. The maximum Gasteiger partial charge on any atom is 0.305 e. The molecule has 0 unspecified atom stereocenters. The van der Waals surface area contributed by atoms with Crippen molar-refractivity contribution in [3.63, 3.8) is 0 Å². The predicted molar refractivity (Wildman–Crippen MR) is 144 cm³/mol. The minimum Gasteiger partial charge on any atom is -0.481 e. The van der Waals surface area contributed by atoms with Crippen molar-refractivity contribution in [3.05, 3.63) is 36.0 Å². The van der Waals surface area contributed by atoms with E-state index in [1.807, 2.05) is 26.0 Å². The number of nitrogens with one attached hydrogen (secondary N) is 1. The van der Waals surface area contributed by atoms with E-state index < -0.39 is 35.9 Å². The second-order valence-electron chi connectivity index (χ2n) is 10.6. The van der Waals surface area contributed by atoms with Crippen LogP contribution in [0.4, 0.5) is 0 Å². The Morgan fingerprint density at radius 2 is 1.89 bits per heavy atom. The largest absolute Gasteiger partial charge is 0.481 e. The van der Waals surface area contributed by atoms with E-state index in [0.717, 1.165) is 12.0 Å². The lowest BCUT2D eigenvalue weighted by molar-refractivity contribution is -0.150. The van der Waals surface area contributed by atoms with E-state index in [4.69, 9.17) is 30.9 Å². The second kappa shape index (κ2) is 14.8. The SMILES string of the molecule is CC(=O)O[C@@H](C)/C=C\C(=O)N[C@@H]1C[C@H](C)[C@H](C/C=C(C)/C=C/[C@@H]2C[C@](O)(CCl)C[C@@H](CC(=O)O)O2)O[C@@H]1C. The number of alkyl halides is 1. The third kappa shape index (κ3) is 10.9. The molecule has 2 rings (SSSR count). The topological polar surface area (TPSA) is 131 Å². The number of halogens is 1. The average Bonchev–Trinajstić information content (AvgIpc) is 2.81. The van der Waals surface area contributed by atoms with Crippen LogP contribution in [0.15, 0.2) is 36.0 Å². The van der Waals surface area contributed by atoms with Gasteiger partial charge in [0.15, 0.2) is 0 Å². The summed E-state index contributed by atoms with van der Waals surface area (Å²) >= 11 is 5.95. The van der Waals surface area contributed by atoms with Gasteiger partial charge in [-0.15, -0.1) is 11.6 Å². The highest BCUT2D eigenvalue weighted by Crippen LogP contribution is 2.32. The van der Waals surface area contributed by atoms with Gasteiger partial charge >= 0.3 is 11.9 Å². The molecule has 2 saturated heterocycles. The first-order valence-electron chi connectivity index (χ1n) is 13.1. The number of amides is 1. The summed E-state index contributed by atoms with van der Waals surface area (Å²) in [4.78, 5) is 34.4. The fourth-order valence-corrected chi connectivity index (χ4v) is 5.08. The van der Waals surface area contributed by atoms with E-state index in [-0.39, 0.29) is 48.8 Å². The second-order valence-corrected chi connectivity index (χ2v) is 10.9. The molecule has 8 atom stereocenters. The molecule has 0 bridgehead atoms. The van der Waals surface area contributed by atoms with Crippen molar-refractivity contribution in [1.29, 1.82) is 0 Å². The molecule has 2 aliphatic rings. The lowest BCUT2D eigenvalue weighted by Crippen LogP contribution is -2.50. The monoisotopic (exact) mass is 555 g/mol. The number of aliphatic carboxylic acids is 1. The van der Waals surface area contributed by atoms with Crippen LogP contribution in [-0.4, -0.2) is 76.1 Å². The zero-order chi connectivity index (χ0) is 28.5. The number of esters is 1. The number of allylic oxidation sites excluding steroid dienone is 2. The Hall–Kier alpha value is -2.20. The zero-order valence-corrected chi connectivity index (χ0v) is 23.6. The summed E-state index contributed by atoms with van der Waals surface area (Å²) in [6, 6.07) is -0.129. The molecule has 0 saturated carbocycles. The van der Waals surface area contributed by atoms with Gasteiger partial charge in [0.05, 0.1) is 48.4 Å². The van der Waals surface area contributed by atoms with Gasteiger partial charge in [0.2, 0.25) is 5.91 Å². The Morgan fingerprint density at radius 1 is 1.18 bits per heavy atom. The Bertz CT molecular complexity index is 919. The number of carbonyl (C=O) groups is 3. The third-order valence-corrected chi connectivity index (χ3v) is 7.37. The molecule has 2 heterocycles. The average molecular weight is 556 g/mol. The number of hydrogen-bond acceptors (Lipinski definition) is 7. The number of hydrogen-bond donors (Lipinski definition) is 3. The van der Waals surface area contributed by atoms with Crippen molar-refractivity contribution in [2.24, 2.45) is 5.92 Å². The summed E-state index contributed by atoms with van der Waals surface area (Å²) in [5.41, 5.74) is -0.162. The van der Waals surface area contributed by atoms with E-state index in [2.05, 4.69) is 18.3 Å². The summed E-state index contributed by atoms with van der Waals surface area (Å²) in [7, 11) is 0. The smallest absolute Gasteiger partial charge is 0.305 e. The molecule has 2 fully saturated rings. The van der Waals surface area contributed by atoms with Crippen LogP contribution in [0, 0.1) is 5.92 Å². The minimum atomic E-state index is -1.16. The Morgan fingerprint density at radius 3 is 2.53 bits per heavy atom. The van der Waals surface area contributed by atoms with E-state index in [1.165, 1.54) is 13.0 Å². The molecular weight excluding hydrogens is 514 g/mol. The third-order valence-electron chi connectivity index (χ3n) is 6.87. The lowest BCUT2D eigenvalue weighted by Gasteiger charge is -2.39. The Kier molecular flexibility index (Phi) is 12.5. The van der Waals surface area contributed by atoms with Gasteiger partial charge < -0.3 is 29.7 Å². The highest BCUT2D eigenvalue weighted by atomic mass is 35.5. The predicted octanol–water partition coefficient (Wildman–Crippen LogP) is 3.68. The molecule has 0 aromatic heterocycles. The van der Waals surface area contributed by atoms with Gasteiger partial charge in [-0.3, -0.25) is 14.4 Å². The first-order chi connectivity index (χ1) is 17.8. The van der Waals surface area contributed by atoms with Crippen molar-refractivity contribution in [3.8, 4) is 0 Å². The number of carboxylic acids is 1. The molecule has 0 aromatic carbocycles. The van der Waals surface area contributed by atoms with Crippen molar-refractivity contribution < 1.29 is 38.8 Å². The highest BCUT2D eigenvalue weighted by Gasteiger charge is 2.39. The maximum absolute atomic E-state index is 12.3. The quantitative estimate of drug-likeness (QED) is 0.152. The summed E-state index contributed by atoms with van der Waals surface area (Å²) in [6.45, 7) is 9.01. The normalized spacial score (nSPS) is 33.3. The van der Waals surface area contributed by atoms with E-state index >= 15 is 0 Å². The summed E-state index contributed by atoms with van der Waals surface area (Å²) in [6.07, 6.45) is 8.85. The van der Waals surface area contributed by atoms with Crippen LogP contribution in [0.5, 0.6) is 0 Å². The first kappa shape index (κ1) is 32.0. The number of carboxylic acid groups (broad SMARTS) is 1. The molecule has 38 heavy (non-hydrogen) atoms. The fourth-order valence-electron chi connectivity index (χ4n) is 4.86. The van der Waals surface area contributed by atoms with Crippen LogP contribution in [0.25, 0.3) is 0 Å². The van der Waals surface area contributed by atoms with Crippen LogP contribution < -0.4 is 5.32 Å². The van der Waals surface area contributed by atoms with Crippen molar-refractivity contribution in [2.45, 2.75) is 109 Å². The minimum absolute atomic E-state index is 0.00625. The molecule has 0 spiro atoms. The molecule has 1 amide bonds. The van der Waals surface area contributed by atoms with Gasteiger partial charge in [0.25, 0.3) is 0 Å². The molecule has 2 aliphatic heterocycles. The Labute approximate surface area is 230 Å². The molecule has 0 radical (unpaired) electrons. The van der Waals surface area contributed by atoms with Gasteiger partial charge in [0.1, 0.15) is 6.10 Å². The van der Waals surface area contributed by atoms with E-state index in [1.54, 1.807) is 13.0 Å². The number of rotatable bonds is 11. The molecule has 0 aromatic rings. The number of ether oxygens (including phenoxy) is 3. The van der Waals surface area contributed by atoms with Crippen LogP contribution in [0.2, 0.25) is 0 Å². The maximum atomic E-state index is 12.3. The van der Waals surface area contributed by atoms with Crippen LogP contribution in [0.3, 0.4) is 0 Å². The summed E-state index contributed by atoms with van der Waals surface area (Å²) < 4.78 is 17.1. The van der Waals surface area contributed by atoms with Crippen molar-refractivity contribution in [2.75, 3.05) is 5.88 Å². The van der Waals surface area contributed by atoms with Gasteiger partial charge in [-0.05, 0) is 45.6 Å². The van der Waals surface area contributed by atoms with Crippen LogP contribution >= 0.6 is 11.6 Å². The molecule has 214 valence electrons. The lowest BCUT2D eigenvalue weighted by atomic mass is 9.87. The molecular formula is C28H42ClNO8. The van der Waals surface area contributed by atoms with Crippen molar-refractivity contribution in [1.82, 2.24) is 5.32 Å². The number of carbonyl (C=O) groups excluding carboxylic acids is 2. The van der Waals surface area contributed by atoms with Gasteiger partial charge in [-0.1, -0.05) is 30.7 Å². The highest BCUT2D eigenvalue weighted by molar-refractivity contribution is 6.18. The van der Waals surface area contributed by atoms with Gasteiger partial charge in [-0.2, -0.15) is 0 Å². The van der Waals surface area contributed by atoms with Gasteiger partial charge in [0, 0.05) is 25.8 Å². The summed E-state index contributed by atoms with van der Waals surface area (Å²) in [5.74, 6) is -1.40. The first-order valence-corrected chi connectivity index (χ1v) is 13.7. The van der Waals surface area contributed by atoms with Gasteiger partial charge in [-0.25, -0.2) is 0 Å². The molecule has 9 nitrogen and oxygen atoms in total. The Balaban J connectivity index is 1.88.